The first-order valence-corrected chi connectivity index (χ1v) is 20.7. The Morgan fingerprint density at radius 2 is 1.76 bits per heavy atom. The third-order valence-corrected chi connectivity index (χ3v) is 16.9. The normalized spacial score (nSPS) is 40.7. The molecule has 3 N–H and O–H groups in total. The second kappa shape index (κ2) is 13.8. The largest absolute Gasteiger partial charge is 0.481 e. The van der Waals surface area contributed by atoms with Crippen molar-refractivity contribution in [3.05, 3.63) is 23.8 Å². The standard InChI is InChI=1S/C43H69N5O6/c1-24(2)27(7)38(8)16-17-40(10)28-14-15-31-39(9)20-53-22-43(31,29(28)18-32(49)42(40,12)33(38)37(51)52)19-30(34(39)54-21-41(11,44-13)25(3)4)48-35(45-23-46-48)36(50)47-26(5)6/h18,23-28,30-31,33-34,44H,14-17,19-22H2,1-13H3,(H,47,50)(H,51,52)/t27-,28+,30-,31+,33-,34+,38-,39+,40-,41-,42+,43?/m1/s1. The van der Waals surface area contributed by atoms with Crippen molar-refractivity contribution in [2.75, 3.05) is 26.9 Å². The van der Waals surface area contributed by atoms with Crippen molar-refractivity contribution in [3.8, 4) is 0 Å². The number of carbonyl (C=O) groups excluding carboxylic acids is 2. The lowest BCUT2D eigenvalue weighted by Crippen LogP contribution is -2.70. The van der Waals surface area contributed by atoms with E-state index in [1.54, 1.807) is 4.68 Å². The average Bonchev–Trinajstić information content (AvgIpc) is 3.58. The first-order chi connectivity index (χ1) is 25.1. The summed E-state index contributed by atoms with van der Waals surface area (Å²) >= 11 is 0. The Balaban J connectivity index is 1.51. The molecule has 2 heterocycles. The minimum Gasteiger partial charge on any atom is -0.481 e. The molecular formula is C43H69N5O6. The van der Waals surface area contributed by atoms with E-state index >= 15 is 4.79 Å². The van der Waals surface area contributed by atoms with E-state index in [9.17, 15) is 14.7 Å². The molecule has 1 aliphatic heterocycles. The van der Waals surface area contributed by atoms with Gasteiger partial charge in [0.25, 0.3) is 5.91 Å². The maximum absolute atomic E-state index is 15.2. The molecule has 1 aromatic rings. The summed E-state index contributed by atoms with van der Waals surface area (Å²) in [4.78, 5) is 46.9. The molecule has 1 saturated heterocycles. The highest BCUT2D eigenvalue weighted by Crippen LogP contribution is 2.75. The number of carboxylic acid groups (broad SMARTS) is 1. The van der Waals surface area contributed by atoms with Gasteiger partial charge in [-0.3, -0.25) is 14.4 Å². The molecule has 12 atom stereocenters. The van der Waals surface area contributed by atoms with Crippen LogP contribution in [0.3, 0.4) is 0 Å². The second-order valence-corrected chi connectivity index (χ2v) is 20.2. The maximum Gasteiger partial charge on any atom is 0.308 e. The van der Waals surface area contributed by atoms with Crippen LogP contribution in [0.1, 0.15) is 132 Å². The van der Waals surface area contributed by atoms with Gasteiger partial charge in [-0.15, -0.1) is 0 Å². The summed E-state index contributed by atoms with van der Waals surface area (Å²) in [5.41, 5.74) is -2.38. The van der Waals surface area contributed by atoms with Gasteiger partial charge in [0, 0.05) is 27.8 Å². The lowest BCUT2D eigenvalue weighted by atomic mass is 9.34. The molecule has 1 unspecified atom stereocenters. The quantitative estimate of drug-likeness (QED) is 0.224. The average molecular weight is 752 g/mol. The third kappa shape index (κ3) is 5.70. The van der Waals surface area contributed by atoms with Gasteiger partial charge < -0.3 is 25.2 Å². The first kappa shape index (κ1) is 41.0. The van der Waals surface area contributed by atoms with Crippen LogP contribution in [-0.4, -0.2) is 82.1 Å². The van der Waals surface area contributed by atoms with Crippen molar-refractivity contribution in [2.45, 2.75) is 139 Å². The maximum atomic E-state index is 15.2. The molecule has 0 radical (unpaired) electrons. The fraction of sp³-hybridized carbons (Fsp3) is 0.837. The number of carbonyl (C=O) groups is 3. The Morgan fingerprint density at radius 3 is 2.35 bits per heavy atom. The van der Waals surface area contributed by atoms with Gasteiger partial charge in [0.15, 0.2) is 5.78 Å². The van der Waals surface area contributed by atoms with Crippen molar-refractivity contribution in [1.82, 2.24) is 25.4 Å². The minimum absolute atomic E-state index is 0.00857. The summed E-state index contributed by atoms with van der Waals surface area (Å²) in [6.07, 6.45) is 6.87. The number of likely N-dealkylation sites (N-methyl/N-ethyl adjacent to an activating group) is 1. The van der Waals surface area contributed by atoms with Gasteiger partial charge in [-0.2, -0.15) is 5.10 Å². The molecule has 4 aliphatic carbocycles. The van der Waals surface area contributed by atoms with Crippen LogP contribution in [-0.2, 0) is 19.1 Å². The number of carboxylic acids is 1. The number of nitrogens with one attached hydrogen (secondary N) is 2. The molecule has 6 rings (SSSR count). The van der Waals surface area contributed by atoms with Gasteiger partial charge >= 0.3 is 5.97 Å². The van der Waals surface area contributed by atoms with E-state index in [-0.39, 0.29) is 70.8 Å². The Hall–Kier alpha value is -2.63. The van der Waals surface area contributed by atoms with Crippen LogP contribution < -0.4 is 10.6 Å². The number of aliphatic carboxylic acids is 1. The van der Waals surface area contributed by atoms with Crippen molar-refractivity contribution in [1.29, 1.82) is 0 Å². The van der Waals surface area contributed by atoms with Crippen LogP contribution >= 0.6 is 0 Å². The van der Waals surface area contributed by atoms with Gasteiger partial charge in [-0.25, -0.2) is 9.67 Å². The molecule has 302 valence electrons. The number of rotatable bonds is 11. The Morgan fingerprint density at radius 1 is 1.07 bits per heavy atom. The van der Waals surface area contributed by atoms with E-state index in [0.29, 0.717) is 26.2 Å². The zero-order valence-corrected chi connectivity index (χ0v) is 35.3. The van der Waals surface area contributed by atoms with Crippen molar-refractivity contribution in [3.63, 3.8) is 0 Å². The van der Waals surface area contributed by atoms with Crippen LogP contribution in [0.25, 0.3) is 0 Å². The molecule has 0 aromatic carbocycles. The molecule has 54 heavy (non-hydrogen) atoms. The fourth-order valence-corrected chi connectivity index (χ4v) is 12.7. The molecule has 4 fully saturated rings. The van der Waals surface area contributed by atoms with Gasteiger partial charge in [0.1, 0.15) is 6.33 Å². The van der Waals surface area contributed by atoms with Gasteiger partial charge in [-0.05, 0) is 106 Å². The van der Waals surface area contributed by atoms with Crippen LogP contribution in [0.15, 0.2) is 18.0 Å². The predicted molar refractivity (Wildman–Crippen MR) is 208 cm³/mol. The van der Waals surface area contributed by atoms with Gasteiger partial charge in [-0.1, -0.05) is 67.9 Å². The van der Waals surface area contributed by atoms with E-state index in [0.717, 1.165) is 31.3 Å². The molecule has 0 spiro atoms. The summed E-state index contributed by atoms with van der Waals surface area (Å²) in [6, 6.07) is -0.456. The van der Waals surface area contributed by atoms with Crippen LogP contribution in [0.2, 0.25) is 0 Å². The Labute approximate surface area is 323 Å². The summed E-state index contributed by atoms with van der Waals surface area (Å²) in [5, 5.41) is 22.4. The molecule has 2 bridgehead atoms. The van der Waals surface area contributed by atoms with Gasteiger partial charge in [0.05, 0.1) is 37.9 Å². The van der Waals surface area contributed by atoms with Crippen LogP contribution in [0.4, 0.5) is 0 Å². The van der Waals surface area contributed by atoms with E-state index in [1.165, 1.54) is 6.33 Å². The molecule has 3 saturated carbocycles. The zero-order valence-electron chi connectivity index (χ0n) is 35.3. The predicted octanol–water partition coefficient (Wildman–Crippen LogP) is 6.74. The summed E-state index contributed by atoms with van der Waals surface area (Å²) in [5.74, 6) is -0.935. The first-order valence-electron chi connectivity index (χ1n) is 20.7. The highest BCUT2D eigenvalue weighted by atomic mass is 16.5. The van der Waals surface area contributed by atoms with E-state index in [4.69, 9.17) is 14.6 Å². The number of allylic oxidation sites excluding steroid dienone is 1. The Kier molecular flexibility index (Phi) is 10.5. The number of ether oxygens (including phenoxy) is 2. The molecule has 11 heteroatoms. The summed E-state index contributed by atoms with van der Waals surface area (Å²) < 4.78 is 15.6. The second-order valence-electron chi connectivity index (χ2n) is 20.2. The number of hydrogen-bond donors (Lipinski definition) is 3. The van der Waals surface area contributed by atoms with Crippen LogP contribution in [0, 0.1) is 62.6 Å². The lowest BCUT2D eigenvalue weighted by molar-refractivity contribution is -0.251. The third-order valence-electron chi connectivity index (χ3n) is 16.9. The number of aromatic nitrogens is 3. The number of fused-ring (bicyclic) bond motifs is 3. The smallest absolute Gasteiger partial charge is 0.308 e. The molecule has 11 nitrogen and oxygen atoms in total. The van der Waals surface area contributed by atoms with Crippen LogP contribution in [0.5, 0.6) is 0 Å². The fourth-order valence-electron chi connectivity index (χ4n) is 12.7. The highest BCUT2D eigenvalue weighted by Gasteiger charge is 2.74. The van der Waals surface area contributed by atoms with E-state index < -0.39 is 39.0 Å². The highest BCUT2D eigenvalue weighted by molar-refractivity contribution is 6.00. The number of nitrogens with zero attached hydrogens (tertiary/aromatic N) is 3. The molecule has 1 amide bonds. The van der Waals surface area contributed by atoms with E-state index in [1.807, 2.05) is 33.9 Å². The van der Waals surface area contributed by atoms with Crippen molar-refractivity contribution < 1.29 is 29.0 Å². The van der Waals surface area contributed by atoms with Crippen molar-refractivity contribution >= 4 is 17.7 Å². The zero-order chi connectivity index (χ0) is 40.0. The lowest BCUT2D eigenvalue weighted by Gasteiger charge is -2.70. The number of ketones is 1. The van der Waals surface area contributed by atoms with E-state index in [2.05, 4.69) is 77.9 Å². The molecule has 1 aromatic heterocycles. The monoisotopic (exact) mass is 752 g/mol. The summed E-state index contributed by atoms with van der Waals surface area (Å²) in [6.45, 7) is 26.9. The Bertz CT molecular complexity index is 1670. The minimum atomic E-state index is -1.08. The number of hydrogen-bond acceptors (Lipinski definition) is 8. The molecular weight excluding hydrogens is 683 g/mol. The van der Waals surface area contributed by atoms with Crippen molar-refractivity contribution in [2.24, 2.45) is 62.6 Å². The molecule has 5 aliphatic rings. The SMILES string of the molecule is CN[C@](C)(CO[C@H]1[C@H](n2ncnc2C(=O)NC(C)C)CC23COC[C@@]1(C)[C@@H]2CC[C@H]1C3=CC(=O)[C@@]2(C)[C@H](C(=O)O)[C@@](C)([C@H](C)C(C)C)CC[C@]12C)C(C)C. The number of amides is 1. The topological polar surface area (TPSA) is 145 Å². The van der Waals surface area contributed by atoms with Gasteiger partial charge in [0.2, 0.25) is 5.82 Å². The summed E-state index contributed by atoms with van der Waals surface area (Å²) in [7, 11) is 1.97.